The second-order valence-electron chi connectivity index (χ2n) is 6.26. The standard InChI is InChI=1S/C14H18F6/c1-12(13(15,16)17,14(18,19)20)6-2-3-10-7-9-4-5-11(10)8-9/h4-5,9-11H,2-3,6-8H2,1H3. The summed E-state index contributed by atoms with van der Waals surface area (Å²) in [5.41, 5.74) is -3.59. The summed E-state index contributed by atoms with van der Waals surface area (Å²) in [6, 6.07) is 0. The van der Waals surface area contributed by atoms with Crippen LogP contribution in [-0.4, -0.2) is 12.4 Å². The smallest absolute Gasteiger partial charge is 0.170 e. The van der Waals surface area contributed by atoms with Gasteiger partial charge in [0.1, 0.15) is 0 Å². The van der Waals surface area contributed by atoms with Crippen LogP contribution in [0.5, 0.6) is 0 Å². The lowest BCUT2D eigenvalue weighted by atomic mass is 9.80. The van der Waals surface area contributed by atoms with Gasteiger partial charge in [0.05, 0.1) is 0 Å². The zero-order valence-corrected chi connectivity index (χ0v) is 11.2. The van der Waals surface area contributed by atoms with Crippen LogP contribution in [0.2, 0.25) is 0 Å². The fraction of sp³-hybridized carbons (Fsp3) is 0.857. The summed E-state index contributed by atoms with van der Waals surface area (Å²) in [5, 5.41) is 0. The molecule has 0 aromatic heterocycles. The topological polar surface area (TPSA) is 0 Å². The molecule has 0 aliphatic heterocycles. The first-order chi connectivity index (χ1) is 9.04. The second-order valence-corrected chi connectivity index (χ2v) is 6.26. The maximum absolute atomic E-state index is 12.7. The molecule has 1 saturated carbocycles. The van der Waals surface area contributed by atoms with Crippen LogP contribution in [0, 0.1) is 23.2 Å². The first-order valence-corrected chi connectivity index (χ1v) is 6.86. The first-order valence-electron chi connectivity index (χ1n) is 6.86. The van der Waals surface area contributed by atoms with E-state index >= 15 is 0 Å². The number of alkyl halides is 6. The maximum atomic E-state index is 12.7. The zero-order valence-electron chi connectivity index (χ0n) is 11.2. The van der Waals surface area contributed by atoms with Crippen LogP contribution in [0.15, 0.2) is 12.2 Å². The summed E-state index contributed by atoms with van der Waals surface area (Å²) in [7, 11) is 0. The molecule has 0 N–H and O–H groups in total. The van der Waals surface area contributed by atoms with Gasteiger partial charge >= 0.3 is 12.4 Å². The summed E-state index contributed by atoms with van der Waals surface area (Å²) < 4.78 is 76.3. The van der Waals surface area contributed by atoms with Gasteiger partial charge in [0.2, 0.25) is 0 Å². The second kappa shape index (κ2) is 4.95. The van der Waals surface area contributed by atoms with Crippen LogP contribution < -0.4 is 0 Å². The molecule has 0 spiro atoms. The predicted molar refractivity (Wildman–Crippen MR) is 62.9 cm³/mol. The van der Waals surface area contributed by atoms with E-state index in [9.17, 15) is 26.3 Å². The fourth-order valence-corrected chi connectivity index (χ4v) is 3.39. The van der Waals surface area contributed by atoms with Gasteiger partial charge in [0.25, 0.3) is 0 Å². The summed E-state index contributed by atoms with van der Waals surface area (Å²) in [6.45, 7) is 0.272. The monoisotopic (exact) mass is 300 g/mol. The van der Waals surface area contributed by atoms with E-state index in [2.05, 4.69) is 12.2 Å². The zero-order chi connectivity index (χ0) is 15.2. The molecule has 116 valence electrons. The van der Waals surface area contributed by atoms with Crippen molar-refractivity contribution in [1.82, 2.24) is 0 Å². The Morgan fingerprint density at radius 3 is 1.95 bits per heavy atom. The van der Waals surface area contributed by atoms with E-state index in [0.717, 1.165) is 12.8 Å². The molecule has 0 heterocycles. The van der Waals surface area contributed by atoms with E-state index < -0.39 is 24.2 Å². The minimum Gasteiger partial charge on any atom is -0.170 e. The normalized spacial score (nSPS) is 30.2. The van der Waals surface area contributed by atoms with Gasteiger partial charge in [0, 0.05) is 0 Å². The molecule has 0 nitrogen and oxygen atoms in total. The van der Waals surface area contributed by atoms with Crippen molar-refractivity contribution >= 4 is 0 Å². The molecular weight excluding hydrogens is 282 g/mol. The lowest BCUT2D eigenvalue weighted by molar-refractivity contribution is -0.336. The molecule has 2 aliphatic carbocycles. The Balaban J connectivity index is 1.92. The average Bonchev–Trinajstić information content (AvgIpc) is 2.87. The highest BCUT2D eigenvalue weighted by Gasteiger charge is 2.66. The number of fused-ring (bicyclic) bond motifs is 2. The van der Waals surface area contributed by atoms with Crippen LogP contribution in [0.25, 0.3) is 0 Å². The minimum atomic E-state index is -5.25. The first kappa shape index (κ1) is 15.7. The number of rotatable bonds is 4. The van der Waals surface area contributed by atoms with Crippen molar-refractivity contribution in [2.24, 2.45) is 23.2 Å². The Morgan fingerprint density at radius 2 is 1.55 bits per heavy atom. The molecule has 0 amide bonds. The Kier molecular flexibility index (Phi) is 3.89. The van der Waals surface area contributed by atoms with Crippen LogP contribution in [-0.2, 0) is 0 Å². The summed E-state index contributed by atoms with van der Waals surface area (Å²) in [5.74, 6) is 1.11. The van der Waals surface area contributed by atoms with Crippen molar-refractivity contribution in [1.29, 1.82) is 0 Å². The highest BCUT2D eigenvalue weighted by molar-refractivity contribution is 5.10. The Bertz CT molecular complexity index is 364. The maximum Gasteiger partial charge on any atom is 0.402 e. The summed E-state index contributed by atoms with van der Waals surface area (Å²) >= 11 is 0. The molecule has 0 aromatic carbocycles. The predicted octanol–water partition coefficient (Wildman–Crippen LogP) is 5.50. The van der Waals surface area contributed by atoms with Crippen molar-refractivity contribution < 1.29 is 26.3 Å². The SMILES string of the molecule is CC(CCCC1CC2C=CC1C2)(C(F)(F)F)C(F)(F)F. The molecule has 2 rings (SSSR count). The molecule has 3 atom stereocenters. The molecular formula is C14H18F6. The van der Waals surface area contributed by atoms with E-state index in [1.165, 1.54) is 0 Å². The van der Waals surface area contributed by atoms with Crippen LogP contribution >= 0.6 is 0 Å². The minimum absolute atomic E-state index is 0.0305. The van der Waals surface area contributed by atoms with Crippen molar-refractivity contribution in [2.75, 3.05) is 0 Å². The van der Waals surface area contributed by atoms with Gasteiger partial charge in [0.15, 0.2) is 5.41 Å². The highest BCUT2D eigenvalue weighted by Crippen LogP contribution is 2.54. The van der Waals surface area contributed by atoms with Gasteiger partial charge in [-0.05, 0) is 50.4 Å². The van der Waals surface area contributed by atoms with Gasteiger partial charge in [-0.3, -0.25) is 0 Å². The van der Waals surface area contributed by atoms with Crippen molar-refractivity contribution in [3.05, 3.63) is 12.2 Å². The number of halogens is 6. The van der Waals surface area contributed by atoms with E-state index in [1.54, 1.807) is 0 Å². The van der Waals surface area contributed by atoms with Crippen LogP contribution in [0.3, 0.4) is 0 Å². The quantitative estimate of drug-likeness (QED) is 0.475. The third-order valence-corrected chi connectivity index (χ3v) is 4.92. The molecule has 0 aromatic rings. The summed E-state index contributed by atoms with van der Waals surface area (Å²) in [4.78, 5) is 0. The highest BCUT2D eigenvalue weighted by atomic mass is 19.4. The third-order valence-electron chi connectivity index (χ3n) is 4.92. The van der Waals surface area contributed by atoms with Gasteiger partial charge in [-0.15, -0.1) is 0 Å². The molecule has 2 bridgehead atoms. The number of hydrogen-bond donors (Lipinski definition) is 0. The van der Waals surface area contributed by atoms with Gasteiger partial charge in [-0.2, -0.15) is 26.3 Å². The average molecular weight is 300 g/mol. The van der Waals surface area contributed by atoms with E-state index in [1.807, 2.05) is 0 Å². The van der Waals surface area contributed by atoms with Gasteiger partial charge < -0.3 is 0 Å². The van der Waals surface area contributed by atoms with Crippen LogP contribution in [0.4, 0.5) is 26.3 Å². The van der Waals surface area contributed by atoms with E-state index in [4.69, 9.17) is 0 Å². The lowest BCUT2D eigenvalue weighted by Gasteiger charge is -2.34. The molecule has 1 fully saturated rings. The Labute approximate surface area is 114 Å². The Hall–Kier alpha value is -0.680. The van der Waals surface area contributed by atoms with E-state index in [-0.39, 0.29) is 19.3 Å². The van der Waals surface area contributed by atoms with Gasteiger partial charge in [-0.25, -0.2) is 0 Å². The van der Waals surface area contributed by atoms with Crippen molar-refractivity contribution in [2.45, 2.75) is 51.4 Å². The molecule has 2 aliphatic rings. The molecule has 3 unspecified atom stereocenters. The number of allylic oxidation sites excluding steroid dienone is 2. The molecule has 0 radical (unpaired) electrons. The van der Waals surface area contributed by atoms with E-state index in [0.29, 0.717) is 18.3 Å². The molecule has 20 heavy (non-hydrogen) atoms. The third kappa shape index (κ3) is 2.70. The van der Waals surface area contributed by atoms with Crippen molar-refractivity contribution in [3.8, 4) is 0 Å². The summed E-state index contributed by atoms with van der Waals surface area (Å²) in [6.07, 6.45) is -4.86. The van der Waals surface area contributed by atoms with Crippen LogP contribution in [0.1, 0.15) is 39.0 Å². The Morgan fingerprint density at radius 1 is 0.950 bits per heavy atom. The lowest BCUT2D eigenvalue weighted by Crippen LogP contribution is -2.47. The van der Waals surface area contributed by atoms with Crippen molar-refractivity contribution in [3.63, 3.8) is 0 Å². The van der Waals surface area contributed by atoms with Gasteiger partial charge in [-0.1, -0.05) is 18.6 Å². The fourth-order valence-electron chi connectivity index (χ4n) is 3.39. The molecule has 0 saturated heterocycles. The molecule has 6 heteroatoms. The largest absolute Gasteiger partial charge is 0.402 e. The number of hydrogen-bond acceptors (Lipinski definition) is 0.